The zero-order chi connectivity index (χ0) is 18.7. The molecule has 0 aliphatic heterocycles. The van der Waals surface area contributed by atoms with E-state index >= 15 is 0 Å². The molecular weight excluding hydrogens is 356 g/mol. The second-order valence-electron chi connectivity index (χ2n) is 5.66. The zero-order valence-corrected chi connectivity index (χ0v) is 14.3. The van der Waals surface area contributed by atoms with E-state index in [4.69, 9.17) is 6.57 Å². The lowest BCUT2D eigenvalue weighted by atomic mass is 10.0. The van der Waals surface area contributed by atoms with Crippen molar-refractivity contribution in [2.75, 3.05) is 0 Å². The highest BCUT2D eigenvalue weighted by molar-refractivity contribution is 7.90. The van der Waals surface area contributed by atoms with E-state index in [1.165, 1.54) is 18.2 Å². The quantitative estimate of drug-likeness (QED) is 0.596. The third-order valence-electron chi connectivity index (χ3n) is 3.88. The molecule has 0 amide bonds. The Morgan fingerprint density at radius 2 is 1.54 bits per heavy atom. The van der Waals surface area contributed by atoms with Crippen molar-refractivity contribution in [1.82, 2.24) is 0 Å². The van der Waals surface area contributed by atoms with Gasteiger partial charge < -0.3 is 0 Å². The van der Waals surface area contributed by atoms with Crippen molar-refractivity contribution in [3.8, 4) is 11.1 Å². The summed E-state index contributed by atoms with van der Waals surface area (Å²) in [6, 6.07) is 16.4. The van der Waals surface area contributed by atoms with Crippen LogP contribution in [-0.4, -0.2) is 8.42 Å². The van der Waals surface area contributed by atoms with Crippen LogP contribution >= 0.6 is 0 Å². The van der Waals surface area contributed by atoms with E-state index in [1.54, 1.807) is 6.07 Å². The predicted octanol–water partition coefficient (Wildman–Crippen LogP) is 5.16. The second-order valence-corrected chi connectivity index (χ2v) is 7.62. The fourth-order valence-corrected chi connectivity index (χ4v) is 4.03. The summed E-state index contributed by atoms with van der Waals surface area (Å²) in [5.74, 6) is -2.34. The number of nitrogens with zero attached hydrogens (tertiary/aromatic N) is 1. The molecule has 0 fully saturated rings. The third-order valence-corrected chi connectivity index (χ3v) is 5.55. The molecule has 0 saturated heterocycles. The first-order valence-corrected chi connectivity index (χ1v) is 9.29. The summed E-state index contributed by atoms with van der Waals surface area (Å²) >= 11 is 0. The van der Waals surface area contributed by atoms with E-state index in [0.717, 1.165) is 17.7 Å². The lowest BCUT2D eigenvalue weighted by molar-refractivity contribution is 0.563. The maximum absolute atomic E-state index is 14.2. The second kappa shape index (κ2) is 7.06. The van der Waals surface area contributed by atoms with Gasteiger partial charge in [-0.2, -0.15) is 0 Å². The van der Waals surface area contributed by atoms with Crippen molar-refractivity contribution >= 4 is 15.5 Å². The van der Waals surface area contributed by atoms with Crippen LogP contribution in [0.4, 0.5) is 14.5 Å². The van der Waals surface area contributed by atoms with E-state index in [-0.39, 0.29) is 11.3 Å². The van der Waals surface area contributed by atoms with Crippen LogP contribution < -0.4 is 0 Å². The van der Waals surface area contributed by atoms with E-state index in [1.807, 2.05) is 30.3 Å². The Morgan fingerprint density at radius 3 is 2.23 bits per heavy atom. The molecule has 3 aromatic rings. The third kappa shape index (κ3) is 3.63. The summed E-state index contributed by atoms with van der Waals surface area (Å²) < 4.78 is 53.3. The number of sulfone groups is 1. The molecule has 0 N–H and O–H groups in total. The molecule has 6 heteroatoms. The van der Waals surface area contributed by atoms with Crippen LogP contribution in [0, 0.1) is 18.2 Å². The Hall–Kier alpha value is -3.04. The van der Waals surface area contributed by atoms with Gasteiger partial charge in [0.05, 0.1) is 17.2 Å². The van der Waals surface area contributed by atoms with Gasteiger partial charge in [0.2, 0.25) is 0 Å². The summed E-state index contributed by atoms with van der Waals surface area (Å²) in [6.45, 7) is 6.94. The Bertz CT molecular complexity index is 1100. The molecule has 0 bridgehead atoms. The van der Waals surface area contributed by atoms with Gasteiger partial charge in [-0.15, -0.1) is 0 Å². The minimum atomic E-state index is -4.16. The largest absolute Gasteiger partial charge is 0.238 e. The van der Waals surface area contributed by atoms with E-state index in [0.29, 0.717) is 5.56 Å². The number of hydrogen-bond donors (Lipinski definition) is 0. The fourth-order valence-electron chi connectivity index (χ4n) is 2.58. The zero-order valence-electron chi connectivity index (χ0n) is 13.5. The van der Waals surface area contributed by atoms with Gasteiger partial charge in [-0.05, 0) is 35.4 Å². The molecule has 26 heavy (non-hydrogen) atoms. The van der Waals surface area contributed by atoms with Crippen LogP contribution in [0.2, 0.25) is 0 Å². The highest BCUT2D eigenvalue weighted by atomic mass is 32.2. The highest BCUT2D eigenvalue weighted by Gasteiger charge is 2.22. The van der Waals surface area contributed by atoms with E-state index in [2.05, 4.69) is 4.85 Å². The minimum Gasteiger partial charge on any atom is -0.238 e. The van der Waals surface area contributed by atoms with Gasteiger partial charge >= 0.3 is 0 Å². The molecule has 0 atom stereocenters. The van der Waals surface area contributed by atoms with Crippen LogP contribution in [-0.2, 0) is 15.6 Å². The maximum atomic E-state index is 14.2. The standard InChI is InChI=1S/C20H13F2NO2S/c1-23-17-8-10-19(22)20(12-17)26(24,25)13-16-11-15(7-9-18(16)21)14-5-3-2-4-6-14/h2-12H,13H2. The van der Waals surface area contributed by atoms with Crippen molar-refractivity contribution in [2.45, 2.75) is 10.6 Å². The molecule has 0 unspecified atom stereocenters. The van der Waals surface area contributed by atoms with Crippen molar-refractivity contribution in [3.63, 3.8) is 0 Å². The van der Waals surface area contributed by atoms with Crippen molar-refractivity contribution in [1.29, 1.82) is 0 Å². The molecule has 3 aromatic carbocycles. The number of hydrogen-bond acceptors (Lipinski definition) is 2. The van der Waals surface area contributed by atoms with Gasteiger partial charge in [0.1, 0.15) is 11.6 Å². The lowest BCUT2D eigenvalue weighted by Gasteiger charge is -2.10. The van der Waals surface area contributed by atoms with Crippen molar-refractivity contribution < 1.29 is 17.2 Å². The van der Waals surface area contributed by atoms with Gasteiger partial charge in [0.15, 0.2) is 15.5 Å². The minimum absolute atomic E-state index is 0.00323. The summed E-state index contributed by atoms with van der Waals surface area (Å²) in [4.78, 5) is 2.51. The van der Waals surface area contributed by atoms with Crippen molar-refractivity contribution in [2.24, 2.45) is 0 Å². The first-order valence-electron chi connectivity index (χ1n) is 7.64. The number of rotatable bonds is 4. The number of benzene rings is 3. The predicted molar refractivity (Wildman–Crippen MR) is 95.4 cm³/mol. The highest BCUT2D eigenvalue weighted by Crippen LogP contribution is 2.28. The number of halogens is 2. The van der Waals surface area contributed by atoms with Gasteiger partial charge in [-0.1, -0.05) is 42.5 Å². The van der Waals surface area contributed by atoms with Gasteiger partial charge in [0, 0.05) is 5.56 Å². The average molecular weight is 369 g/mol. The normalized spacial score (nSPS) is 11.1. The molecule has 0 heterocycles. The molecule has 0 aromatic heterocycles. The SMILES string of the molecule is [C-]#[N+]c1ccc(F)c(S(=O)(=O)Cc2cc(-c3ccccc3)ccc2F)c1. The molecule has 130 valence electrons. The fraction of sp³-hybridized carbons (Fsp3) is 0.0500. The molecular formula is C20H13F2NO2S. The molecule has 3 nitrogen and oxygen atoms in total. The average Bonchev–Trinajstić information content (AvgIpc) is 2.64. The molecule has 0 radical (unpaired) electrons. The van der Waals surface area contributed by atoms with Crippen LogP contribution in [0.25, 0.3) is 16.0 Å². The summed E-state index contributed by atoms with van der Waals surface area (Å²) in [7, 11) is -4.16. The lowest BCUT2D eigenvalue weighted by Crippen LogP contribution is -2.08. The Labute approximate surface area is 150 Å². The summed E-state index contributed by atoms with van der Waals surface area (Å²) in [5, 5.41) is 0. The molecule has 0 aliphatic carbocycles. The smallest absolute Gasteiger partial charge is 0.188 e. The summed E-state index contributed by atoms with van der Waals surface area (Å²) in [6.07, 6.45) is 0. The van der Waals surface area contributed by atoms with Gasteiger partial charge in [-0.3, -0.25) is 0 Å². The topological polar surface area (TPSA) is 38.5 Å². The summed E-state index contributed by atoms with van der Waals surface area (Å²) in [5.41, 5.74) is 1.42. The monoisotopic (exact) mass is 369 g/mol. The first-order chi connectivity index (χ1) is 12.4. The Kier molecular flexibility index (Phi) is 4.83. The van der Waals surface area contributed by atoms with Gasteiger partial charge in [0.25, 0.3) is 0 Å². The molecule has 0 spiro atoms. The van der Waals surface area contributed by atoms with E-state index in [9.17, 15) is 17.2 Å². The van der Waals surface area contributed by atoms with Crippen LogP contribution in [0.5, 0.6) is 0 Å². The first kappa shape index (κ1) is 17.8. The van der Waals surface area contributed by atoms with Gasteiger partial charge in [-0.25, -0.2) is 22.0 Å². The Balaban J connectivity index is 2.02. The van der Waals surface area contributed by atoms with E-state index < -0.39 is 32.1 Å². The van der Waals surface area contributed by atoms with Crippen molar-refractivity contribution in [3.05, 3.63) is 95.3 Å². The molecule has 0 aliphatic rings. The maximum Gasteiger partial charge on any atom is 0.188 e. The van der Waals surface area contributed by atoms with Crippen LogP contribution in [0.3, 0.4) is 0 Å². The van der Waals surface area contributed by atoms with Crippen LogP contribution in [0.1, 0.15) is 5.56 Å². The molecule has 0 saturated carbocycles. The Morgan fingerprint density at radius 1 is 0.846 bits per heavy atom. The van der Waals surface area contributed by atoms with Crippen LogP contribution in [0.15, 0.2) is 71.6 Å². The molecule has 3 rings (SSSR count).